The molecule has 0 aromatic heterocycles. The average Bonchev–Trinajstić information content (AvgIpc) is 2.80. The lowest BCUT2D eigenvalue weighted by Crippen LogP contribution is -2.50. The maximum atomic E-state index is 12.8. The molecule has 33 heavy (non-hydrogen) atoms. The van der Waals surface area contributed by atoms with Crippen molar-refractivity contribution in [3.8, 4) is 0 Å². The van der Waals surface area contributed by atoms with Crippen molar-refractivity contribution < 1.29 is 18.0 Å². The highest BCUT2D eigenvalue weighted by Gasteiger charge is 2.31. The zero-order valence-electron chi connectivity index (χ0n) is 19.9. The van der Waals surface area contributed by atoms with Crippen LogP contribution in [0.15, 0.2) is 30.3 Å². The molecule has 0 radical (unpaired) electrons. The Hall–Kier alpha value is -1.86. The Morgan fingerprint density at radius 2 is 1.91 bits per heavy atom. The molecule has 0 bridgehead atoms. The van der Waals surface area contributed by atoms with E-state index in [2.05, 4.69) is 29.1 Å². The van der Waals surface area contributed by atoms with E-state index >= 15 is 0 Å². The molecule has 7 heteroatoms. The van der Waals surface area contributed by atoms with Gasteiger partial charge in [-0.3, -0.25) is 4.79 Å². The van der Waals surface area contributed by atoms with Gasteiger partial charge in [0.05, 0.1) is 5.56 Å². The first-order valence-corrected chi connectivity index (χ1v) is 12.3. The smallest absolute Gasteiger partial charge is 0.353 e. The van der Waals surface area contributed by atoms with E-state index < -0.39 is 11.7 Å². The van der Waals surface area contributed by atoms with E-state index in [-0.39, 0.29) is 5.91 Å². The summed E-state index contributed by atoms with van der Waals surface area (Å²) in [5.41, 5.74) is -0.358. The summed E-state index contributed by atoms with van der Waals surface area (Å²) in [4.78, 5) is 17.1. The standard InChI is InChI=1S/C26H38F3N3O/c1-20-7-3-4-10-24(20)31(2)23-13-17-32(18-14-23)16-6-15-30-25(33)12-11-21-8-5-9-22(19-21)26(27,28)29/h5,8-9,11-12,19-20,23-24H,3-4,6-7,10,13-18H2,1-2H3,(H,30,33)/b12-11+. The van der Waals surface area contributed by atoms with Crippen LogP contribution in [0.2, 0.25) is 0 Å². The second-order valence-corrected chi connectivity index (χ2v) is 9.67. The molecule has 1 saturated heterocycles. The highest BCUT2D eigenvalue weighted by atomic mass is 19.4. The summed E-state index contributed by atoms with van der Waals surface area (Å²) in [5, 5.41) is 2.83. The first-order valence-electron chi connectivity index (χ1n) is 12.3. The monoisotopic (exact) mass is 465 g/mol. The van der Waals surface area contributed by atoms with Crippen LogP contribution in [0.4, 0.5) is 13.2 Å². The number of alkyl halides is 3. The fourth-order valence-electron chi connectivity index (χ4n) is 5.29. The van der Waals surface area contributed by atoms with Gasteiger partial charge >= 0.3 is 6.18 Å². The molecule has 1 amide bonds. The van der Waals surface area contributed by atoms with Gasteiger partial charge in [-0.1, -0.05) is 31.9 Å². The van der Waals surface area contributed by atoms with E-state index in [9.17, 15) is 18.0 Å². The van der Waals surface area contributed by atoms with Gasteiger partial charge in [-0.25, -0.2) is 0 Å². The van der Waals surface area contributed by atoms with Gasteiger partial charge in [0.1, 0.15) is 0 Å². The molecule has 184 valence electrons. The number of hydrogen-bond donors (Lipinski definition) is 1. The predicted molar refractivity (Wildman–Crippen MR) is 127 cm³/mol. The van der Waals surface area contributed by atoms with Crippen molar-refractivity contribution in [3.63, 3.8) is 0 Å². The number of rotatable bonds is 8. The Balaban J connectivity index is 1.32. The molecule has 1 aliphatic carbocycles. The van der Waals surface area contributed by atoms with Crippen LogP contribution < -0.4 is 5.32 Å². The highest BCUT2D eigenvalue weighted by Crippen LogP contribution is 2.31. The van der Waals surface area contributed by atoms with Gasteiger partial charge < -0.3 is 15.1 Å². The van der Waals surface area contributed by atoms with Gasteiger partial charge in [-0.2, -0.15) is 13.2 Å². The van der Waals surface area contributed by atoms with Crippen LogP contribution in [-0.4, -0.2) is 61.0 Å². The first-order chi connectivity index (χ1) is 15.7. The molecule has 2 fully saturated rings. The summed E-state index contributed by atoms with van der Waals surface area (Å²) in [6.07, 6.45) is 7.02. The van der Waals surface area contributed by atoms with Gasteiger partial charge in [0.15, 0.2) is 0 Å². The SMILES string of the molecule is CC1CCCCC1N(C)C1CCN(CCCNC(=O)/C=C/c2cccc(C(F)(F)F)c2)CC1. The summed E-state index contributed by atoms with van der Waals surface area (Å²) in [5.74, 6) is 0.516. The van der Waals surface area contributed by atoms with E-state index in [1.807, 2.05) is 0 Å². The summed E-state index contributed by atoms with van der Waals surface area (Å²) in [6, 6.07) is 6.36. The molecule has 2 unspecified atom stereocenters. The van der Waals surface area contributed by atoms with Crippen LogP contribution in [-0.2, 0) is 11.0 Å². The third-order valence-corrected chi connectivity index (χ3v) is 7.31. The van der Waals surface area contributed by atoms with Crippen LogP contribution >= 0.6 is 0 Å². The van der Waals surface area contributed by atoms with Gasteiger partial charge in [-0.05, 0) is 88.5 Å². The Morgan fingerprint density at radius 1 is 1.18 bits per heavy atom. The maximum Gasteiger partial charge on any atom is 0.416 e. The molecule has 1 saturated carbocycles. The van der Waals surface area contributed by atoms with E-state index in [1.165, 1.54) is 56.7 Å². The highest BCUT2D eigenvalue weighted by molar-refractivity contribution is 5.91. The van der Waals surface area contributed by atoms with E-state index in [4.69, 9.17) is 0 Å². The number of benzene rings is 1. The average molecular weight is 466 g/mol. The van der Waals surface area contributed by atoms with Crippen molar-refractivity contribution in [3.05, 3.63) is 41.5 Å². The van der Waals surface area contributed by atoms with Crippen molar-refractivity contribution >= 4 is 12.0 Å². The Morgan fingerprint density at radius 3 is 2.61 bits per heavy atom. The number of carbonyl (C=O) groups excluding carboxylic acids is 1. The number of amides is 1. The van der Waals surface area contributed by atoms with Crippen molar-refractivity contribution in [1.29, 1.82) is 0 Å². The summed E-state index contributed by atoms with van der Waals surface area (Å²) >= 11 is 0. The lowest BCUT2D eigenvalue weighted by molar-refractivity contribution is -0.137. The normalized spacial score (nSPS) is 23.3. The number of hydrogen-bond acceptors (Lipinski definition) is 3. The minimum atomic E-state index is -4.38. The largest absolute Gasteiger partial charge is 0.416 e. The third kappa shape index (κ3) is 7.85. The zero-order valence-corrected chi connectivity index (χ0v) is 19.9. The van der Waals surface area contributed by atoms with Crippen molar-refractivity contribution in [1.82, 2.24) is 15.1 Å². The van der Waals surface area contributed by atoms with Gasteiger partial charge in [0.25, 0.3) is 0 Å². The lowest BCUT2D eigenvalue weighted by Gasteiger charge is -2.44. The topological polar surface area (TPSA) is 35.6 Å². The van der Waals surface area contributed by atoms with Gasteiger partial charge in [-0.15, -0.1) is 0 Å². The molecule has 1 aromatic carbocycles. The molecular formula is C26H38F3N3O. The number of nitrogens with zero attached hydrogens (tertiary/aromatic N) is 2. The Labute approximate surface area is 196 Å². The zero-order chi connectivity index (χ0) is 23.8. The number of carbonyl (C=O) groups is 1. The molecule has 2 aliphatic rings. The van der Waals surface area contributed by atoms with Crippen LogP contribution in [0.3, 0.4) is 0 Å². The van der Waals surface area contributed by atoms with Gasteiger partial charge in [0.2, 0.25) is 5.91 Å². The second kappa shape index (κ2) is 12.0. The fourth-order valence-corrected chi connectivity index (χ4v) is 5.29. The molecular weight excluding hydrogens is 427 g/mol. The molecule has 4 nitrogen and oxygen atoms in total. The quantitative estimate of drug-likeness (QED) is 0.423. The Kier molecular flexibility index (Phi) is 9.38. The molecule has 1 N–H and O–H groups in total. The van der Waals surface area contributed by atoms with Gasteiger partial charge in [0, 0.05) is 24.7 Å². The molecule has 1 aliphatic heterocycles. The van der Waals surface area contributed by atoms with Crippen LogP contribution in [0, 0.1) is 5.92 Å². The minimum absolute atomic E-state index is 0.283. The third-order valence-electron chi connectivity index (χ3n) is 7.31. The first kappa shape index (κ1) is 25.8. The van der Waals surface area contributed by atoms with Crippen LogP contribution in [0.25, 0.3) is 6.08 Å². The summed E-state index contributed by atoms with van der Waals surface area (Å²) < 4.78 is 38.3. The van der Waals surface area contributed by atoms with Crippen LogP contribution in [0.5, 0.6) is 0 Å². The van der Waals surface area contributed by atoms with E-state index in [0.29, 0.717) is 18.2 Å². The van der Waals surface area contributed by atoms with Crippen molar-refractivity contribution in [2.24, 2.45) is 5.92 Å². The molecule has 1 heterocycles. The fraction of sp³-hybridized carbons (Fsp3) is 0.654. The number of nitrogens with one attached hydrogen (secondary N) is 1. The van der Waals surface area contributed by atoms with E-state index in [1.54, 1.807) is 6.07 Å². The number of likely N-dealkylation sites (tertiary alicyclic amines) is 1. The molecule has 1 aromatic rings. The Bertz CT molecular complexity index is 787. The number of halogens is 3. The number of piperidine rings is 1. The lowest BCUT2D eigenvalue weighted by atomic mass is 9.84. The van der Waals surface area contributed by atoms with E-state index in [0.717, 1.165) is 50.1 Å². The van der Waals surface area contributed by atoms with Crippen LogP contribution in [0.1, 0.15) is 63.0 Å². The minimum Gasteiger partial charge on any atom is -0.353 e. The summed E-state index contributed by atoms with van der Waals surface area (Å²) in [7, 11) is 2.31. The second-order valence-electron chi connectivity index (χ2n) is 9.67. The maximum absolute atomic E-state index is 12.8. The molecule has 0 spiro atoms. The summed E-state index contributed by atoms with van der Waals surface area (Å²) in [6.45, 7) is 6.11. The molecule has 3 rings (SSSR count). The molecule has 2 atom stereocenters. The predicted octanol–water partition coefficient (Wildman–Crippen LogP) is 5.20. The van der Waals surface area contributed by atoms with Crippen molar-refractivity contribution in [2.45, 2.75) is 70.1 Å². The van der Waals surface area contributed by atoms with Crippen molar-refractivity contribution in [2.75, 3.05) is 33.2 Å².